The first-order chi connectivity index (χ1) is 12.0. The van der Waals surface area contributed by atoms with Crippen molar-refractivity contribution in [3.05, 3.63) is 64.2 Å². The molecule has 0 saturated carbocycles. The van der Waals surface area contributed by atoms with Crippen molar-refractivity contribution < 1.29 is 14.3 Å². The van der Waals surface area contributed by atoms with Gasteiger partial charge in [-0.3, -0.25) is 4.79 Å². The van der Waals surface area contributed by atoms with Gasteiger partial charge in [0.25, 0.3) is 5.91 Å². The Bertz CT molecular complexity index is 734. The van der Waals surface area contributed by atoms with Crippen molar-refractivity contribution in [3.63, 3.8) is 0 Å². The van der Waals surface area contributed by atoms with E-state index in [2.05, 4.69) is 5.32 Å². The van der Waals surface area contributed by atoms with Crippen LogP contribution in [0, 0.1) is 0 Å². The van der Waals surface area contributed by atoms with Gasteiger partial charge < -0.3 is 10.1 Å². The van der Waals surface area contributed by atoms with Crippen LogP contribution >= 0.6 is 11.6 Å². The number of nitrogens with one attached hydrogen (secondary N) is 1. The minimum atomic E-state index is -0.905. The summed E-state index contributed by atoms with van der Waals surface area (Å²) in [5.74, 6) is -0.906. The lowest BCUT2D eigenvalue weighted by Gasteiger charge is -2.18. The molecule has 0 aliphatic rings. The highest BCUT2D eigenvalue weighted by atomic mass is 35.5. The molecule has 0 saturated heterocycles. The summed E-state index contributed by atoms with van der Waals surface area (Å²) < 4.78 is 5.26. The standard InChI is InChI=1S/C20H22ClNO3/c1-4-14-7-6-8-15(5-2)18(14)22-19(23)13(3)25-20(24)16-9-11-17(21)12-10-16/h6-13H,4-5H2,1-3H3,(H,22,23)/t13-/m1/s1. The Morgan fingerprint density at radius 3 is 2.12 bits per heavy atom. The van der Waals surface area contributed by atoms with Crippen LogP contribution in [-0.4, -0.2) is 18.0 Å². The number of rotatable bonds is 6. The molecule has 25 heavy (non-hydrogen) atoms. The van der Waals surface area contributed by atoms with E-state index in [0.717, 1.165) is 29.7 Å². The number of ether oxygens (including phenoxy) is 1. The van der Waals surface area contributed by atoms with Gasteiger partial charge in [-0.15, -0.1) is 0 Å². The van der Waals surface area contributed by atoms with Crippen molar-refractivity contribution in [1.82, 2.24) is 0 Å². The SMILES string of the molecule is CCc1cccc(CC)c1NC(=O)[C@@H](C)OC(=O)c1ccc(Cl)cc1. The van der Waals surface area contributed by atoms with Crippen LogP contribution in [0.25, 0.3) is 0 Å². The fraction of sp³-hybridized carbons (Fsp3) is 0.300. The molecule has 0 radical (unpaired) electrons. The molecule has 0 aliphatic heterocycles. The first-order valence-electron chi connectivity index (χ1n) is 8.34. The van der Waals surface area contributed by atoms with Crippen LogP contribution in [0.4, 0.5) is 5.69 Å². The lowest BCUT2D eigenvalue weighted by atomic mass is 10.0. The number of anilines is 1. The monoisotopic (exact) mass is 359 g/mol. The molecule has 2 aromatic rings. The third kappa shape index (κ3) is 4.83. The fourth-order valence-corrected chi connectivity index (χ4v) is 2.62. The molecule has 0 spiro atoms. The maximum atomic E-state index is 12.5. The number of hydrogen-bond donors (Lipinski definition) is 1. The van der Waals surface area contributed by atoms with Gasteiger partial charge in [-0.2, -0.15) is 0 Å². The maximum absolute atomic E-state index is 12.5. The molecular formula is C20H22ClNO3. The highest BCUT2D eigenvalue weighted by molar-refractivity contribution is 6.30. The van der Waals surface area contributed by atoms with Gasteiger partial charge in [0.1, 0.15) is 0 Å². The largest absolute Gasteiger partial charge is 0.449 e. The lowest BCUT2D eigenvalue weighted by molar-refractivity contribution is -0.123. The van der Waals surface area contributed by atoms with E-state index in [1.165, 1.54) is 0 Å². The second-order valence-corrected chi connectivity index (χ2v) is 6.14. The summed E-state index contributed by atoms with van der Waals surface area (Å²) in [6.45, 7) is 5.63. The number of carbonyl (C=O) groups excluding carboxylic acids is 2. The van der Waals surface area contributed by atoms with Crippen LogP contribution in [0.2, 0.25) is 5.02 Å². The van der Waals surface area contributed by atoms with E-state index in [1.54, 1.807) is 31.2 Å². The number of hydrogen-bond acceptors (Lipinski definition) is 3. The van der Waals surface area contributed by atoms with Gasteiger partial charge in [0.2, 0.25) is 0 Å². The van der Waals surface area contributed by atoms with Crippen LogP contribution in [0.3, 0.4) is 0 Å². The summed E-state index contributed by atoms with van der Waals surface area (Å²) in [5, 5.41) is 3.44. The molecule has 0 unspecified atom stereocenters. The number of para-hydroxylation sites is 1. The van der Waals surface area contributed by atoms with Crippen LogP contribution in [0.5, 0.6) is 0 Å². The summed E-state index contributed by atoms with van der Waals surface area (Å²) in [7, 11) is 0. The zero-order chi connectivity index (χ0) is 18.4. The molecule has 1 amide bonds. The van der Waals surface area contributed by atoms with Crippen molar-refractivity contribution in [2.45, 2.75) is 39.7 Å². The van der Waals surface area contributed by atoms with E-state index in [4.69, 9.17) is 16.3 Å². The van der Waals surface area contributed by atoms with Gasteiger partial charge >= 0.3 is 5.97 Å². The predicted octanol–water partition coefficient (Wildman–Crippen LogP) is 4.65. The highest BCUT2D eigenvalue weighted by Gasteiger charge is 2.20. The molecule has 0 aromatic heterocycles. The summed E-state index contributed by atoms with van der Waals surface area (Å²) in [5.41, 5.74) is 3.28. The summed E-state index contributed by atoms with van der Waals surface area (Å²) in [6, 6.07) is 12.3. The minimum Gasteiger partial charge on any atom is -0.449 e. The highest BCUT2D eigenvalue weighted by Crippen LogP contribution is 2.23. The molecule has 1 N–H and O–H groups in total. The van der Waals surface area contributed by atoms with E-state index in [1.807, 2.05) is 32.0 Å². The third-order valence-corrected chi connectivity index (χ3v) is 4.23. The second kappa shape index (κ2) is 8.67. The molecule has 0 heterocycles. The van der Waals surface area contributed by atoms with E-state index >= 15 is 0 Å². The van der Waals surface area contributed by atoms with Gasteiger partial charge in [-0.1, -0.05) is 43.6 Å². The van der Waals surface area contributed by atoms with Crippen molar-refractivity contribution >= 4 is 29.2 Å². The molecule has 1 atom stereocenters. The summed E-state index contributed by atoms with van der Waals surface area (Å²) in [6.07, 6.45) is 0.711. The molecular weight excluding hydrogens is 338 g/mol. The van der Waals surface area contributed by atoms with Crippen molar-refractivity contribution in [2.75, 3.05) is 5.32 Å². The zero-order valence-electron chi connectivity index (χ0n) is 14.6. The molecule has 0 fully saturated rings. The molecule has 0 bridgehead atoms. The van der Waals surface area contributed by atoms with Gasteiger partial charge in [0.05, 0.1) is 5.56 Å². The van der Waals surface area contributed by atoms with Crippen LogP contribution in [-0.2, 0) is 22.4 Å². The van der Waals surface area contributed by atoms with Crippen molar-refractivity contribution in [3.8, 4) is 0 Å². The molecule has 4 nitrogen and oxygen atoms in total. The fourth-order valence-electron chi connectivity index (χ4n) is 2.50. The number of carbonyl (C=O) groups is 2. The smallest absolute Gasteiger partial charge is 0.338 e. The normalized spacial score (nSPS) is 11.7. The van der Waals surface area contributed by atoms with Gasteiger partial charge in [0, 0.05) is 10.7 Å². The third-order valence-electron chi connectivity index (χ3n) is 3.98. The molecule has 132 valence electrons. The lowest BCUT2D eigenvalue weighted by Crippen LogP contribution is -2.30. The van der Waals surface area contributed by atoms with E-state index < -0.39 is 12.1 Å². The van der Waals surface area contributed by atoms with E-state index in [9.17, 15) is 9.59 Å². The van der Waals surface area contributed by atoms with Gasteiger partial charge in [0.15, 0.2) is 6.10 Å². The summed E-state index contributed by atoms with van der Waals surface area (Å²) >= 11 is 5.80. The number of esters is 1. The van der Waals surface area contributed by atoms with Crippen molar-refractivity contribution in [1.29, 1.82) is 0 Å². The topological polar surface area (TPSA) is 55.4 Å². The number of aryl methyl sites for hydroxylation is 2. The van der Waals surface area contributed by atoms with E-state index in [-0.39, 0.29) is 5.91 Å². The molecule has 0 aliphatic carbocycles. The Morgan fingerprint density at radius 2 is 1.60 bits per heavy atom. The second-order valence-electron chi connectivity index (χ2n) is 5.70. The summed E-state index contributed by atoms with van der Waals surface area (Å²) in [4.78, 5) is 24.6. The van der Waals surface area contributed by atoms with Crippen LogP contribution < -0.4 is 5.32 Å². The van der Waals surface area contributed by atoms with Crippen molar-refractivity contribution in [2.24, 2.45) is 0 Å². The Balaban J connectivity index is 2.08. The number of benzene rings is 2. The van der Waals surface area contributed by atoms with Crippen LogP contribution in [0.1, 0.15) is 42.3 Å². The molecule has 2 aromatic carbocycles. The zero-order valence-corrected chi connectivity index (χ0v) is 15.4. The first-order valence-corrected chi connectivity index (χ1v) is 8.72. The first kappa shape index (κ1) is 19.0. The van der Waals surface area contributed by atoms with Crippen LogP contribution in [0.15, 0.2) is 42.5 Å². The Labute approximate surface area is 153 Å². The number of halogens is 1. The average Bonchev–Trinajstić information content (AvgIpc) is 2.62. The average molecular weight is 360 g/mol. The Hall–Kier alpha value is -2.33. The maximum Gasteiger partial charge on any atom is 0.338 e. The van der Waals surface area contributed by atoms with E-state index in [0.29, 0.717) is 10.6 Å². The minimum absolute atomic E-state index is 0.349. The number of amides is 1. The quantitative estimate of drug-likeness (QED) is 0.764. The van der Waals surface area contributed by atoms with Gasteiger partial charge in [-0.25, -0.2) is 4.79 Å². The molecule has 2 rings (SSSR count). The predicted molar refractivity (Wildman–Crippen MR) is 100 cm³/mol. The van der Waals surface area contributed by atoms with Gasteiger partial charge in [-0.05, 0) is 55.2 Å². The Kier molecular flexibility index (Phi) is 6.59. The molecule has 5 heteroatoms. The Morgan fingerprint density at radius 1 is 1.04 bits per heavy atom.